The molecule has 0 aliphatic heterocycles. The van der Waals surface area contributed by atoms with E-state index in [2.05, 4.69) is 4.98 Å². The molecule has 7 nitrogen and oxygen atoms in total. The first-order chi connectivity index (χ1) is 14.8. The van der Waals surface area contributed by atoms with E-state index in [4.69, 9.17) is 5.10 Å². The van der Waals surface area contributed by atoms with Crippen LogP contribution in [0.1, 0.15) is 25.0 Å². The third-order valence-corrected chi connectivity index (χ3v) is 5.43. The number of fused-ring (bicyclic) bond motifs is 1. The van der Waals surface area contributed by atoms with E-state index in [9.17, 15) is 14.0 Å². The van der Waals surface area contributed by atoms with Gasteiger partial charge >= 0.3 is 5.69 Å². The molecule has 4 aromatic rings. The van der Waals surface area contributed by atoms with Crippen LogP contribution in [0.2, 0.25) is 0 Å². The number of rotatable bonds is 5. The zero-order chi connectivity index (χ0) is 22.3. The molecule has 0 radical (unpaired) electrons. The van der Waals surface area contributed by atoms with Gasteiger partial charge in [0.2, 0.25) is 0 Å². The second kappa shape index (κ2) is 7.94. The molecule has 4 rings (SSSR count). The zero-order valence-corrected chi connectivity index (χ0v) is 18.0. The van der Waals surface area contributed by atoms with Crippen molar-refractivity contribution in [1.29, 1.82) is 0 Å². The highest BCUT2D eigenvalue weighted by atomic mass is 19.1. The first-order valence-electron chi connectivity index (χ1n) is 10.1. The SMILES string of the molecule is Cc1c(F)cccc1Cn1nc2c(c1-c1ccncc1)c(=O)n(C)c(=O)n2CC(C)C. The van der Waals surface area contributed by atoms with Gasteiger partial charge in [-0.3, -0.25) is 23.6 Å². The summed E-state index contributed by atoms with van der Waals surface area (Å²) in [7, 11) is 1.48. The number of nitrogens with zero attached hydrogens (tertiary/aromatic N) is 5. The summed E-state index contributed by atoms with van der Waals surface area (Å²) in [5.41, 5.74) is 2.13. The van der Waals surface area contributed by atoms with Gasteiger partial charge in [-0.05, 0) is 42.2 Å². The monoisotopic (exact) mass is 421 g/mol. The van der Waals surface area contributed by atoms with Gasteiger partial charge in [0.25, 0.3) is 5.56 Å². The lowest BCUT2D eigenvalue weighted by atomic mass is 10.1. The second-order valence-electron chi connectivity index (χ2n) is 8.12. The van der Waals surface area contributed by atoms with Crippen LogP contribution in [0.15, 0.2) is 52.3 Å². The molecule has 31 heavy (non-hydrogen) atoms. The predicted molar refractivity (Wildman–Crippen MR) is 118 cm³/mol. The van der Waals surface area contributed by atoms with Gasteiger partial charge < -0.3 is 0 Å². The molecule has 0 atom stereocenters. The fraction of sp³-hybridized carbons (Fsp3) is 0.304. The molecule has 0 unspecified atom stereocenters. The lowest BCUT2D eigenvalue weighted by Gasteiger charge is -2.11. The Balaban J connectivity index is 2.08. The average Bonchev–Trinajstić information content (AvgIpc) is 3.12. The Hall–Kier alpha value is -3.55. The standard InChI is InChI=1S/C23H24FN5O2/c1-14(2)12-28-21-19(22(30)27(4)23(28)31)20(16-8-10-25-11-9-16)29(26-21)13-17-6-5-7-18(24)15(17)3/h5-11,14H,12-13H2,1-4H3. The fourth-order valence-corrected chi connectivity index (χ4v) is 3.79. The Morgan fingerprint density at radius 2 is 1.81 bits per heavy atom. The third-order valence-electron chi connectivity index (χ3n) is 5.43. The van der Waals surface area contributed by atoms with E-state index in [1.807, 2.05) is 19.9 Å². The Morgan fingerprint density at radius 3 is 2.48 bits per heavy atom. The maximum Gasteiger partial charge on any atom is 0.332 e. The Kier molecular flexibility index (Phi) is 5.31. The van der Waals surface area contributed by atoms with Crippen molar-refractivity contribution in [2.75, 3.05) is 0 Å². The second-order valence-corrected chi connectivity index (χ2v) is 8.12. The van der Waals surface area contributed by atoms with Crippen molar-refractivity contribution in [3.63, 3.8) is 0 Å². The molecule has 0 spiro atoms. The summed E-state index contributed by atoms with van der Waals surface area (Å²) in [5, 5.41) is 5.06. The molecular formula is C23H24FN5O2. The van der Waals surface area contributed by atoms with Crippen molar-refractivity contribution in [2.24, 2.45) is 13.0 Å². The van der Waals surface area contributed by atoms with Gasteiger partial charge in [-0.25, -0.2) is 9.18 Å². The smallest absolute Gasteiger partial charge is 0.276 e. The third kappa shape index (κ3) is 3.58. The molecule has 0 saturated carbocycles. The molecule has 0 amide bonds. The van der Waals surface area contributed by atoms with Crippen LogP contribution >= 0.6 is 0 Å². The van der Waals surface area contributed by atoms with Crippen molar-refractivity contribution in [1.82, 2.24) is 23.9 Å². The van der Waals surface area contributed by atoms with Gasteiger partial charge in [0.1, 0.15) is 11.2 Å². The van der Waals surface area contributed by atoms with Crippen LogP contribution in [-0.4, -0.2) is 23.9 Å². The van der Waals surface area contributed by atoms with Crippen molar-refractivity contribution in [3.05, 3.63) is 80.5 Å². The minimum atomic E-state index is -0.408. The summed E-state index contributed by atoms with van der Waals surface area (Å²) in [6.07, 6.45) is 3.28. The van der Waals surface area contributed by atoms with Gasteiger partial charge in [0, 0.05) is 31.5 Å². The Labute approximate surface area is 178 Å². The van der Waals surface area contributed by atoms with Crippen LogP contribution in [0.4, 0.5) is 4.39 Å². The van der Waals surface area contributed by atoms with Gasteiger partial charge in [-0.1, -0.05) is 26.0 Å². The minimum absolute atomic E-state index is 0.179. The van der Waals surface area contributed by atoms with E-state index < -0.39 is 11.2 Å². The summed E-state index contributed by atoms with van der Waals surface area (Å²) in [6.45, 7) is 6.40. The lowest BCUT2D eigenvalue weighted by Crippen LogP contribution is -2.38. The number of hydrogen-bond acceptors (Lipinski definition) is 4. The number of hydrogen-bond donors (Lipinski definition) is 0. The average molecular weight is 421 g/mol. The van der Waals surface area contributed by atoms with E-state index >= 15 is 0 Å². The first-order valence-corrected chi connectivity index (χ1v) is 10.1. The fourth-order valence-electron chi connectivity index (χ4n) is 3.79. The molecular weight excluding hydrogens is 397 g/mol. The molecule has 0 bridgehead atoms. The molecule has 8 heteroatoms. The predicted octanol–water partition coefficient (Wildman–Crippen LogP) is 3.11. The van der Waals surface area contributed by atoms with Gasteiger partial charge in [-0.15, -0.1) is 0 Å². The Morgan fingerprint density at radius 1 is 1.10 bits per heavy atom. The summed E-state index contributed by atoms with van der Waals surface area (Å²) in [4.78, 5) is 30.1. The van der Waals surface area contributed by atoms with Crippen molar-refractivity contribution in [3.8, 4) is 11.3 Å². The summed E-state index contributed by atoms with van der Waals surface area (Å²) in [5.74, 6) is -0.120. The minimum Gasteiger partial charge on any atom is -0.276 e. The molecule has 160 valence electrons. The molecule has 3 heterocycles. The molecule has 0 aliphatic carbocycles. The number of benzene rings is 1. The van der Waals surface area contributed by atoms with E-state index in [1.54, 1.807) is 46.8 Å². The molecule has 3 aromatic heterocycles. The van der Waals surface area contributed by atoms with Crippen LogP contribution in [0, 0.1) is 18.7 Å². The topological polar surface area (TPSA) is 74.7 Å². The highest BCUT2D eigenvalue weighted by Crippen LogP contribution is 2.27. The van der Waals surface area contributed by atoms with Crippen molar-refractivity contribution in [2.45, 2.75) is 33.9 Å². The van der Waals surface area contributed by atoms with Crippen LogP contribution < -0.4 is 11.2 Å². The number of halogens is 1. The van der Waals surface area contributed by atoms with Crippen molar-refractivity contribution < 1.29 is 4.39 Å². The maximum atomic E-state index is 14.2. The Bertz CT molecular complexity index is 1380. The molecule has 0 saturated heterocycles. The largest absolute Gasteiger partial charge is 0.332 e. The van der Waals surface area contributed by atoms with Crippen LogP contribution in [0.3, 0.4) is 0 Å². The lowest BCUT2D eigenvalue weighted by molar-refractivity contribution is 0.498. The molecule has 0 N–H and O–H groups in total. The summed E-state index contributed by atoms with van der Waals surface area (Å²) < 4.78 is 18.5. The van der Waals surface area contributed by atoms with E-state index in [0.717, 1.165) is 15.7 Å². The summed E-state index contributed by atoms with van der Waals surface area (Å²) >= 11 is 0. The van der Waals surface area contributed by atoms with Crippen LogP contribution in [-0.2, 0) is 20.1 Å². The highest BCUT2D eigenvalue weighted by molar-refractivity contribution is 5.90. The van der Waals surface area contributed by atoms with E-state index in [1.165, 1.54) is 13.1 Å². The molecule has 1 aromatic carbocycles. The van der Waals surface area contributed by atoms with Gasteiger partial charge in [0.15, 0.2) is 5.65 Å². The zero-order valence-electron chi connectivity index (χ0n) is 18.0. The van der Waals surface area contributed by atoms with Gasteiger partial charge in [-0.2, -0.15) is 5.10 Å². The van der Waals surface area contributed by atoms with E-state index in [0.29, 0.717) is 28.8 Å². The first kappa shape index (κ1) is 20.7. The highest BCUT2D eigenvalue weighted by Gasteiger charge is 2.23. The number of aromatic nitrogens is 5. The number of pyridine rings is 1. The van der Waals surface area contributed by atoms with Crippen LogP contribution in [0.25, 0.3) is 22.3 Å². The molecule has 0 aliphatic rings. The van der Waals surface area contributed by atoms with E-state index in [-0.39, 0.29) is 18.3 Å². The normalized spacial score (nSPS) is 11.5. The maximum absolute atomic E-state index is 14.2. The quantitative estimate of drug-likeness (QED) is 0.496. The van der Waals surface area contributed by atoms with Gasteiger partial charge in [0.05, 0.1) is 12.2 Å². The van der Waals surface area contributed by atoms with Crippen LogP contribution in [0.5, 0.6) is 0 Å². The summed E-state index contributed by atoms with van der Waals surface area (Å²) in [6, 6.07) is 8.49. The molecule has 0 fully saturated rings. The van der Waals surface area contributed by atoms with Crippen molar-refractivity contribution >= 4 is 11.0 Å².